The van der Waals surface area contributed by atoms with Crippen molar-refractivity contribution in [1.82, 2.24) is 10.3 Å². The van der Waals surface area contributed by atoms with Crippen LogP contribution in [0.3, 0.4) is 0 Å². The van der Waals surface area contributed by atoms with Crippen molar-refractivity contribution in [2.45, 2.75) is 42.9 Å². The maximum absolute atomic E-state index is 12.4. The Bertz CT molecular complexity index is 1200. The number of aromatic nitrogens is 1. The summed E-state index contributed by atoms with van der Waals surface area (Å²) in [7, 11) is 1.69. The molecule has 1 unspecified atom stereocenters. The quantitative estimate of drug-likeness (QED) is 0.599. The maximum Gasteiger partial charge on any atom is 0.166 e. The number of aliphatic hydroxyl groups is 1. The normalized spacial score (nSPS) is 35.8. The number of para-hydroxylation sites is 1. The molecule has 3 N–H and O–H groups in total. The number of nitrogens with one attached hydrogen (secondary N) is 2. The van der Waals surface area contributed by atoms with Gasteiger partial charge in [-0.15, -0.1) is 0 Å². The standard InChI is InChI=1S/C24H24N2O3/c1-12-7-8-17(28-2)20-18(12)23-9-13-11-25-21(13)24(23,27)10-15-14-5-3-4-6-16(14)26-19(15)22(23)29-20/h3-8,13,21-22,25-27H,9-11H2,1-2H3/t13?,21-,22+,23+,24-/m1/s1. The first-order valence-electron chi connectivity index (χ1n) is 10.5. The Labute approximate surface area is 169 Å². The molecule has 7 rings (SSSR count). The van der Waals surface area contributed by atoms with Crippen LogP contribution in [0.25, 0.3) is 10.9 Å². The Hall–Kier alpha value is -2.50. The lowest BCUT2D eigenvalue weighted by atomic mass is 9.59. The number of aromatic amines is 1. The van der Waals surface area contributed by atoms with E-state index < -0.39 is 11.0 Å². The first-order chi connectivity index (χ1) is 14.1. The van der Waals surface area contributed by atoms with Crippen molar-refractivity contribution in [3.8, 4) is 11.5 Å². The van der Waals surface area contributed by atoms with E-state index in [2.05, 4.69) is 47.6 Å². The van der Waals surface area contributed by atoms with E-state index in [0.29, 0.717) is 12.3 Å². The predicted octanol–water partition coefficient (Wildman–Crippen LogP) is 3.14. The molecule has 2 fully saturated rings. The van der Waals surface area contributed by atoms with Gasteiger partial charge in [0.15, 0.2) is 17.6 Å². The Morgan fingerprint density at radius 1 is 1.21 bits per heavy atom. The molecule has 4 aliphatic rings. The molecule has 0 bridgehead atoms. The van der Waals surface area contributed by atoms with Gasteiger partial charge in [-0.3, -0.25) is 0 Å². The molecule has 2 aromatic carbocycles. The highest BCUT2D eigenvalue weighted by Gasteiger charge is 2.75. The van der Waals surface area contributed by atoms with E-state index in [1.807, 2.05) is 6.07 Å². The summed E-state index contributed by atoms with van der Waals surface area (Å²) in [6.07, 6.45) is 1.33. The summed E-state index contributed by atoms with van der Waals surface area (Å²) in [6.45, 7) is 3.10. The molecule has 0 radical (unpaired) electrons. The highest BCUT2D eigenvalue weighted by Crippen LogP contribution is 2.70. The van der Waals surface area contributed by atoms with Crippen molar-refractivity contribution in [3.05, 3.63) is 58.8 Å². The van der Waals surface area contributed by atoms with Gasteiger partial charge in [-0.25, -0.2) is 0 Å². The Balaban J connectivity index is 1.58. The number of ether oxygens (including phenoxy) is 2. The molecule has 1 saturated carbocycles. The molecule has 5 nitrogen and oxygen atoms in total. The summed E-state index contributed by atoms with van der Waals surface area (Å²) in [5, 5.41) is 17.2. The van der Waals surface area contributed by atoms with Crippen LogP contribution >= 0.6 is 0 Å². The number of H-pyrrole nitrogens is 1. The predicted molar refractivity (Wildman–Crippen MR) is 110 cm³/mol. The zero-order valence-corrected chi connectivity index (χ0v) is 16.6. The highest BCUT2D eigenvalue weighted by molar-refractivity contribution is 5.86. The van der Waals surface area contributed by atoms with Crippen molar-refractivity contribution in [3.63, 3.8) is 0 Å². The Morgan fingerprint density at radius 3 is 2.86 bits per heavy atom. The summed E-state index contributed by atoms with van der Waals surface area (Å²) < 4.78 is 12.4. The van der Waals surface area contributed by atoms with Gasteiger partial charge < -0.3 is 24.9 Å². The summed E-state index contributed by atoms with van der Waals surface area (Å²) in [5.74, 6) is 2.03. The second-order valence-electron chi connectivity index (χ2n) is 9.27. The first kappa shape index (κ1) is 16.3. The highest BCUT2D eigenvalue weighted by atomic mass is 16.5. The first-order valence-corrected chi connectivity index (χ1v) is 10.5. The van der Waals surface area contributed by atoms with Gasteiger partial charge in [0.05, 0.1) is 23.8 Å². The van der Waals surface area contributed by atoms with Crippen LogP contribution in [0.5, 0.6) is 11.5 Å². The van der Waals surface area contributed by atoms with Crippen molar-refractivity contribution in [2.24, 2.45) is 5.92 Å². The number of fused-ring (bicyclic) bond motifs is 7. The lowest BCUT2D eigenvalue weighted by Gasteiger charge is -2.50. The average molecular weight is 388 g/mol. The zero-order chi connectivity index (χ0) is 19.5. The number of aryl methyl sites for hydroxylation is 1. The van der Waals surface area contributed by atoms with Crippen LogP contribution in [0.15, 0.2) is 36.4 Å². The molecular formula is C24H24N2O3. The lowest BCUT2D eigenvalue weighted by Crippen LogP contribution is -2.67. The van der Waals surface area contributed by atoms with Crippen molar-refractivity contribution < 1.29 is 14.6 Å². The van der Waals surface area contributed by atoms with Gasteiger partial charge >= 0.3 is 0 Å². The number of hydrogen-bond donors (Lipinski definition) is 3. The van der Waals surface area contributed by atoms with E-state index in [4.69, 9.17) is 9.47 Å². The molecule has 1 aromatic heterocycles. The molecule has 0 amide bonds. The summed E-state index contributed by atoms with van der Waals surface area (Å²) in [5.41, 5.74) is 4.39. The minimum atomic E-state index is -0.888. The molecule has 1 spiro atoms. The van der Waals surface area contributed by atoms with Crippen molar-refractivity contribution in [2.75, 3.05) is 13.7 Å². The summed E-state index contributed by atoms with van der Waals surface area (Å²) in [6, 6.07) is 12.6. The third-order valence-corrected chi connectivity index (χ3v) is 8.18. The Morgan fingerprint density at radius 2 is 2.07 bits per heavy atom. The van der Waals surface area contributed by atoms with Gasteiger partial charge in [0.2, 0.25) is 0 Å². The molecule has 2 aliphatic heterocycles. The lowest BCUT2D eigenvalue weighted by molar-refractivity contribution is -0.0870. The van der Waals surface area contributed by atoms with Crippen LogP contribution in [0.1, 0.15) is 34.9 Å². The minimum absolute atomic E-state index is 0.104. The molecule has 2 aliphatic carbocycles. The van der Waals surface area contributed by atoms with Gasteiger partial charge in [0, 0.05) is 28.9 Å². The fraction of sp³-hybridized carbons (Fsp3) is 0.417. The third-order valence-electron chi connectivity index (χ3n) is 8.18. The van der Waals surface area contributed by atoms with E-state index in [-0.39, 0.29) is 12.1 Å². The average Bonchev–Trinajstić information content (AvgIpc) is 3.28. The fourth-order valence-corrected chi connectivity index (χ4v) is 6.99. The van der Waals surface area contributed by atoms with E-state index >= 15 is 0 Å². The van der Waals surface area contributed by atoms with Gasteiger partial charge in [0.25, 0.3) is 0 Å². The molecule has 3 aromatic rings. The van der Waals surface area contributed by atoms with Crippen LogP contribution in [0.4, 0.5) is 0 Å². The fourth-order valence-electron chi connectivity index (χ4n) is 6.99. The molecule has 148 valence electrons. The molecular weight excluding hydrogens is 364 g/mol. The van der Waals surface area contributed by atoms with E-state index in [9.17, 15) is 5.11 Å². The van der Waals surface area contributed by atoms with Crippen LogP contribution < -0.4 is 14.8 Å². The minimum Gasteiger partial charge on any atom is -0.493 e. The van der Waals surface area contributed by atoms with Crippen molar-refractivity contribution in [1.29, 1.82) is 0 Å². The molecule has 1 saturated heterocycles. The molecule has 5 atom stereocenters. The van der Waals surface area contributed by atoms with Gasteiger partial charge in [-0.1, -0.05) is 24.3 Å². The van der Waals surface area contributed by atoms with Gasteiger partial charge in [-0.2, -0.15) is 0 Å². The largest absolute Gasteiger partial charge is 0.493 e. The number of methoxy groups -OCH3 is 1. The third kappa shape index (κ3) is 1.61. The van der Waals surface area contributed by atoms with Gasteiger partial charge in [-0.05, 0) is 49.1 Å². The van der Waals surface area contributed by atoms with E-state index in [1.54, 1.807) is 7.11 Å². The van der Waals surface area contributed by atoms with Crippen LogP contribution in [-0.4, -0.2) is 35.4 Å². The summed E-state index contributed by atoms with van der Waals surface area (Å²) in [4.78, 5) is 3.66. The maximum atomic E-state index is 12.4. The second kappa shape index (κ2) is 4.97. The van der Waals surface area contributed by atoms with Crippen LogP contribution in [-0.2, 0) is 11.8 Å². The Kier molecular flexibility index (Phi) is 2.80. The number of hydrogen-bond acceptors (Lipinski definition) is 4. The zero-order valence-electron chi connectivity index (χ0n) is 16.6. The van der Waals surface area contributed by atoms with E-state index in [1.165, 1.54) is 16.5 Å². The number of benzene rings is 2. The molecule has 3 heterocycles. The SMILES string of the molecule is COc1ccc(C)c2c1O[C@H]1c3[nH]c4ccccc4c3C[C@@]3(O)[C@@H]4NCC4C[C@]213. The molecule has 5 heteroatoms. The van der Waals surface area contributed by atoms with Crippen molar-refractivity contribution >= 4 is 10.9 Å². The smallest absolute Gasteiger partial charge is 0.166 e. The van der Waals surface area contributed by atoms with Crippen LogP contribution in [0, 0.1) is 12.8 Å². The van der Waals surface area contributed by atoms with Gasteiger partial charge in [0.1, 0.15) is 0 Å². The second-order valence-corrected chi connectivity index (χ2v) is 9.27. The monoisotopic (exact) mass is 388 g/mol. The van der Waals surface area contributed by atoms with E-state index in [0.717, 1.165) is 41.2 Å². The topological polar surface area (TPSA) is 66.5 Å². The molecule has 29 heavy (non-hydrogen) atoms. The summed E-state index contributed by atoms with van der Waals surface area (Å²) >= 11 is 0. The van der Waals surface area contributed by atoms with Crippen LogP contribution in [0.2, 0.25) is 0 Å². The number of rotatable bonds is 1.